The predicted molar refractivity (Wildman–Crippen MR) is 113 cm³/mol. The van der Waals surface area contributed by atoms with Crippen LogP contribution in [0.1, 0.15) is 35.8 Å². The fourth-order valence-corrected chi connectivity index (χ4v) is 3.42. The average molecular weight is 429 g/mol. The van der Waals surface area contributed by atoms with Crippen LogP contribution in [0.4, 0.5) is 5.82 Å². The molecule has 1 aliphatic heterocycles. The second kappa shape index (κ2) is 9.49. The smallest absolute Gasteiger partial charge is 0.165 e. The number of halogens is 2. The van der Waals surface area contributed by atoms with Crippen molar-refractivity contribution in [1.29, 1.82) is 0 Å². The van der Waals surface area contributed by atoms with Crippen molar-refractivity contribution < 1.29 is 14.2 Å². The summed E-state index contributed by atoms with van der Waals surface area (Å²) in [6, 6.07) is 6.15. The summed E-state index contributed by atoms with van der Waals surface area (Å²) >= 11 is 0. The SMILES string of the molecule is COc1cc2c(cc1CNc1cc(C3CC(N)C3)nc(C)n1)OCCO2.Cl.Cl. The highest BCUT2D eigenvalue weighted by atomic mass is 35.5. The summed E-state index contributed by atoms with van der Waals surface area (Å²) in [6.07, 6.45) is 1.98. The van der Waals surface area contributed by atoms with Gasteiger partial charge >= 0.3 is 0 Å². The monoisotopic (exact) mass is 428 g/mol. The van der Waals surface area contributed by atoms with Crippen LogP contribution in [0.15, 0.2) is 18.2 Å². The summed E-state index contributed by atoms with van der Waals surface area (Å²) in [5.41, 5.74) is 7.96. The van der Waals surface area contributed by atoms with Crippen molar-refractivity contribution in [2.24, 2.45) is 5.73 Å². The third kappa shape index (κ3) is 4.71. The van der Waals surface area contributed by atoms with Gasteiger partial charge in [0.15, 0.2) is 11.5 Å². The highest BCUT2D eigenvalue weighted by Gasteiger charge is 2.29. The largest absolute Gasteiger partial charge is 0.496 e. The average Bonchev–Trinajstić information content (AvgIpc) is 2.62. The van der Waals surface area contributed by atoms with Gasteiger partial charge in [-0.25, -0.2) is 9.97 Å². The van der Waals surface area contributed by atoms with Crippen LogP contribution in [-0.2, 0) is 6.54 Å². The van der Waals surface area contributed by atoms with Crippen molar-refractivity contribution >= 4 is 30.6 Å². The zero-order valence-electron chi connectivity index (χ0n) is 15.9. The predicted octanol–water partition coefficient (Wildman–Crippen LogP) is 3.23. The lowest BCUT2D eigenvalue weighted by Gasteiger charge is -2.32. The molecule has 0 radical (unpaired) electrons. The van der Waals surface area contributed by atoms with E-state index in [4.69, 9.17) is 19.9 Å². The maximum absolute atomic E-state index is 5.91. The molecular weight excluding hydrogens is 403 g/mol. The van der Waals surface area contributed by atoms with E-state index in [-0.39, 0.29) is 24.8 Å². The summed E-state index contributed by atoms with van der Waals surface area (Å²) in [4.78, 5) is 9.07. The topological polar surface area (TPSA) is 91.5 Å². The number of anilines is 1. The number of nitrogens with zero attached hydrogens (tertiary/aromatic N) is 2. The molecule has 1 fully saturated rings. The minimum atomic E-state index is 0. The number of aryl methyl sites for hydroxylation is 1. The molecule has 0 unspecified atom stereocenters. The quantitative estimate of drug-likeness (QED) is 0.754. The van der Waals surface area contributed by atoms with Crippen LogP contribution >= 0.6 is 24.8 Å². The maximum Gasteiger partial charge on any atom is 0.165 e. The Bertz CT molecular complexity index is 816. The first-order chi connectivity index (χ1) is 12.6. The Morgan fingerprint density at radius 1 is 1.11 bits per heavy atom. The van der Waals surface area contributed by atoms with Gasteiger partial charge in [0.1, 0.15) is 30.6 Å². The highest BCUT2D eigenvalue weighted by molar-refractivity contribution is 5.85. The summed E-state index contributed by atoms with van der Waals surface area (Å²) in [7, 11) is 1.65. The molecule has 1 aliphatic carbocycles. The molecule has 4 rings (SSSR count). The van der Waals surface area contributed by atoms with E-state index in [9.17, 15) is 0 Å². The Labute approximate surface area is 177 Å². The van der Waals surface area contributed by atoms with Crippen LogP contribution in [0.3, 0.4) is 0 Å². The Morgan fingerprint density at radius 3 is 2.43 bits per heavy atom. The Balaban J connectivity index is 0.00000140. The van der Waals surface area contributed by atoms with Crippen LogP contribution in [0.25, 0.3) is 0 Å². The van der Waals surface area contributed by atoms with E-state index in [1.54, 1.807) is 7.11 Å². The van der Waals surface area contributed by atoms with Crippen LogP contribution in [0, 0.1) is 6.92 Å². The van der Waals surface area contributed by atoms with Crippen molar-refractivity contribution in [2.45, 2.75) is 38.3 Å². The molecule has 1 saturated carbocycles. The molecule has 9 heteroatoms. The van der Waals surface area contributed by atoms with Crippen LogP contribution in [-0.4, -0.2) is 36.3 Å². The lowest BCUT2D eigenvalue weighted by atomic mass is 9.78. The Hall–Kier alpha value is -1.96. The van der Waals surface area contributed by atoms with Gasteiger partial charge in [-0.3, -0.25) is 0 Å². The number of benzene rings is 1. The molecule has 2 heterocycles. The number of hydrogen-bond donors (Lipinski definition) is 2. The van der Waals surface area contributed by atoms with Gasteiger partial charge in [-0.05, 0) is 25.8 Å². The van der Waals surface area contributed by atoms with E-state index < -0.39 is 0 Å². The lowest BCUT2D eigenvalue weighted by Crippen LogP contribution is -2.35. The molecule has 0 bridgehead atoms. The van der Waals surface area contributed by atoms with Gasteiger partial charge in [-0.1, -0.05) is 0 Å². The van der Waals surface area contributed by atoms with Crippen molar-refractivity contribution in [2.75, 3.05) is 25.6 Å². The van der Waals surface area contributed by atoms with Crippen LogP contribution < -0.4 is 25.3 Å². The van der Waals surface area contributed by atoms with E-state index in [1.807, 2.05) is 25.1 Å². The van der Waals surface area contributed by atoms with Crippen LogP contribution in [0.2, 0.25) is 0 Å². The van der Waals surface area contributed by atoms with E-state index in [0.717, 1.165) is 53.0 Å². The molecule has 154 valence electrons. The summed E-state index contributed by atoms with van der Waals surface area (Å²) in [5.74, 6) is 4.24. The van der Waals surface area contributed by atoms with Gasteiger partial charge < -0.3 is 25.3 Å². The van der Waals surface area contributed by atoms with Crippen molar-refractivity contribution in [3.63, 3.8) is 0 Å². The first-order valence-electron chi connectivity index (χ1n) is 8.94. The Kier molecular flexibility index (Phi) is 7.57. The molecule has 1 aromatic carbocycles. The fraction of sp³-hybridized carbons (Fsp3) is 0.474. The Morgan fingerprint density at radius 2 is 1.79 bits per heavy atom. The number of nitrogens with two attached hydrogens (primary N) is 1. The maximum atomic E-state index is 5.91. The fourth-order valence-electron chi connectivity index (χ4n) is 3.42. The second-order valence-corrected chi connectivity index (χ2v) is 6.81. The number of hydrogen-bond acceptors (Lipinski definition) is 7. The third-order valence-electron chi connectivity index (χ3n) is 4.86. The molecule has 28 heavy (non-hydrogen) atoms. The van der Waals surface area contributed by atoms with E-state index in [2.05, 4.69) is 15.3 Å². The number of fused-ring (bicyclic) bond motifs is 1. The molecule has 3 N–H and O–H groups in total. The van der Waals surface area contributed by atoms with Crippen molar-refractivity contribution in [3.8, 4) is 17.2 Å². The number of ether oxygens (including phenoxy) is 3. The minimum absolute atomic E-state index is 0. The molecule has 0 saturated heterocycles. The zero-order valence-corrected chi connectivity index (χ0v) is 17.6. The summed E-state index contributed by atoms with van der Waals surface area (Å²) < 4.78 is 16.8. The zero-order chi connectivity index (χ0) is 18.1. The van der Waals surface area contributed by atoms with Gasteiger partial charge in [0.2, 0.25) is 0 Å². The van der Waals surface area contributed by atoms with Crippen molar-refractivity contribution in [1.82, 2.24) is 9.97 Å². The van der Waals surface area contributed by atoms with E-state index >= 15 is 0 Å². The molecule has 2 aliphatic rings. The molecule has 0 spiro atoms. The normalized spacial score (nSPS) is 19.5. The highest BCUT2D eigenvalue weighted by Crippen LogP contribution is 2.37. The van der Waals surface area contributed by atoms with Gasteiger partial charge in [-0.15, -0.1) is 24.8 Å². The van der Waals surface area contributed by atoms with E-state index in [1.165, 1.54) is 0 Å². The molecule has 2 aromatic rings. The third-order valence-corrected chi connectivity index (χ3v) is 4.86. The lowest BCUT2D eigenvalue weighted by molar-refractivity contribution is 0.170. The minimum Gasteiger partial charge on any atom is -0.496 e. The molecular formula is C19H26Cl2N4O3. The number of nitrogens with one attached hydrogen (secondary N) is 1. The van der Waals surface area contributed by atoms with Gasteiger partial charge in [-0.2, -0.15) is 0 Å². The number of aromatic nitrogens is 2. The molecule has 0 amide bonds. The molecule has 1 aromatic heterocycles. The molecule has 7 nitrogen and oxygen atoms in total. The van der Waals surface area contributed by atoms with Gasteiger partial charge in [0.05, 0.1) is 7.11 Å². The van der Waals surface area contributed by atoms with Gasteiger partial charge in [0, 0.05) is 41.9 Å². The van der Waals surface area contributed by atoms with E-state index in [0.29, 0.717) is 31.7 Å². The number of rotatable bonds is 5. The van der Waals surface area contributed by atoms with Crippen LogP contribution in [0.5, 0.6) is 17.2 Å². The standard InChI is InChI=1S/C19H24N4O3.2ClH/c1-11-22-15(12-5-14(20)6-12)8-19(23-11)21-10-13-7-17-18(9-16(13)24-2)26-4-3-25-17;;/h7-9,12,14H,3-6,10,20H2,1-2H3,(H,21,22,23);2*1H. The summed E-state index contributed by atoms with van der Waals surface area (Å²) in [6.45, 7) is 3.60. The summed E-state index contributed by atoms with van der Waals surface area (Å²) in [5, 5.41) is 3.38. The van der Waals surface area contributed by atoms with Gasteiger partial charge in [0.25, 0.3) is 0 Å². The van der Waals surface area contributed by atoms with Crippen molar-refractivity contribution in [3.05, 3.63) is 35.3 Å². The first-order valence-corrected chi connectivity index (χ1v) is 8.94. The first kappa shape index (κ1) is 22.3. The number of methoxy groups -OCH3 is 1. The molecule has 0 atom stereocenters. The second-order valence-electron chi connectivity index (χ2n) is 6.81.